The van der Waals surface area contributed by atoms with Crippen LogP contribution in [0.15, 0.2) is 6.20 Å². The van der Waals surface area contributed by atoms with E-state index in [2.05, 4.69) is 12.0 Å². The minimum atomic E-state index is -0.946. The molecule has 1 aliphatic carbocycles. The Kier molecular flexibility index (Phi) is 4.01. The molecule has 1 heterocycles. The minimum Gasteiger partial charge on any atom is -0.478 e. The molecule has 100 valence electrons. The number of carboxylic acid groups (broad SMARTS) is 1. The highest BCUT2D eigenvalue weighted by molar-refractivity contribution is 5.88. The van der Waals surface area contributed by atoms with Gasteiger partial charge in [0.1, 0.15) is 5.56 Å². The van der Waals surface area contributed by atoms with E-state index in [0.717, 1.165) is 12.8 Å². The van der Waals surface area contributed by atoms with E-state index >= 15 is 0 Å². The predicted octanol–water partition coefficient (Wildman–Crippen LogP) is 2.21. The fourth-order valence-electron chi connectivity index (χ4n) is 2.54. The fraction of sp³-hybridized carbons (Fsp3) is 0.692. The summed E-state index contributed by atoms with van der Waals surface area (Å²) in [6, 6.07) is 0. The number of ether oxygens (including phenoxy) is 1. The molecular weight excluding hydrogens is 232 g/mol. The molecule has 0 amide bonds. The number of rotatable bonds is 4. The number of aromatic nitrogens is 2. The topological polar surface area (TPSA) is 64.3 Å². The first-order valence-corrected chi connectivity index (χ1v) is 6.43. The molecule has 5 nitrogen and oxygen atoms in total. The van der Waals surface area contributed by atoms with Crippen molar-refractivity contribution in [2.45, 2.75) is 45.3 Å². The van der Waals surface area contributed by atoms with Crippen LogP contribution in [0.25, 0.3) is 0 Å². The highest BCUT2D eigenvalue weighted by Crippen LogP contribution is 2.26. The van der Waals surface area contributed by atoms with Gasteiger partial charge >= 0.3 is 5.97 Å². The molecule has 1 aromatic rings. The highest BCUT2D eigenvalue weighted by Gasteiger charge is 2.21. The molecule has 2 atom stereocenters. The lowest BCUT2D eigenvalue weighted by molar-refractivity contribution is 0.00144. The summed E-state index contributed by atoms with van der Waals surface area (Å²) >= 11 is 0. The molecular formula is C13H20N2O3. The van der Waals surface area contributed by atoms with Crippen molar-refractivity contribution in [2.24, 2.45) is 13.0 Å². The quantitative estimate of drug-likeness (QED) is 0.892. The SMILES string of the molecule is CC1CCCC(OCc2c(C(=O)O)cnn2C)C1. The third-order valence-corrected chi connectivity index (χ3v) is 3.64. The number of carboxylic acids is 1. The van der Waals surface area contributed by atoms with E-state index in [0.29, 0.717) is 18.2 Å². The lowest BCUT2D eigenvalue weighted by Gasteiger charge is -2.26. The number of nitrogens with zero attached hydrogens (tertiary/aromatic N) is 2. The second-order valence-electron chi connectivity index (χ2n) is 5.14. The molecule has 0 aromatic carbocycles. The normalized spacial score (nSPS) is 24.1. The Hall–Kier alpha value is -1.36. The van der Waals surface area contributed by atoms with Crippen molar-refractivity contribution < 1.29 is 14.6 Å². The van der Waals surface area contributed by atoms with Crippen LogP contribution in [0.2, 0.25) is 0 Å². The number of aryl methyl sites for hydroxylation is 1. The number of hydrogen-bond donors (Lipinski definition) is 1. The maximum absolute atomic E-state index is 11.0. The average Bonchev–Trinajstić information content (AvgIpc) is 2.68. The Morgan fingerprint density at radius 1 is 1.61 bits per heavy atom. The molecule has 0 spiro atoms. The molecule has 1 aliphatic rings. The van der Waals surface area contributed by atoms with Gasteiger partial charge in [-0.1, -0.05) is 19.8 Å². The molecule has 2 unspecified atom stereocenters. The molecule has 18 heavy (non-hydrogen) atoms. The third-order valence-electron chi connectivity index (χ3n) is 3.64. The molecule has 5 heteroatoms. The number of aromatic carboxylic acids is 1. The predicted molar refractivity (Wildman–Crippen MR) is 66.4 cm³/mol. The molecule has 1 saturated carbocycles. The maximum atomic E-state index is 11.0. The Morgan fingerprint density at radius 2 is 2.39 bits per heavy atom. The van der Waals surface area contributed by atoms with Crippen molar-refractivity contribution in [1.29, 1.82) is 0 Å². The van der Waals surface area contributed by atoms with Crippen LogP contribution in [0.4, 0.5) is 0 Å². The van der Waals surface area contributed by atoms with Crippen molar-refractivity contribution in [2.75, 3.05) is 0 Å². The summed E-state index contributed by atoms with van der Waals surface area (Å²) < 4.78 is 7.42. The molecule has 1 fully saturated rings. The van der Waals surface area contributed by atoms with E-state index < -0.39 is 5.97 Å². The van der Waals surface area contributed by atoms with Crippen molar-refractivity contribution in [3.8, 4) is 0 Å². The molecule has 1 aromatic heterocycles. The lowest BCUT2D eigenvalue weighted by atomic mass is 9.89. The number of hydrogen-bond acceptors (Lipinski definition) is 3. The van der Waals surface area contributed by atoms with Crippen LogP contribution in [0.3, 0.4) is 0 Å². The van der Waals surface area contributed by atoms with E-state index in [9.17, 15) is 4.79 Å². The van der Waals surface area contributed by atoms with Gasteiger partial charge in [0.25, 0.3) is 0 Å². The van der Waals surface area contributed by atoms with E-state index in [4.69, 9.17) is 9.84 Å². The minimum absolute atomic E-state index is 0.237. The smallest absolute Gasteiger partial charge is 0.339 e. The van der Waals surface area contributed by atoms with E-state index in [-0.39, 0.29) is 11.7 Å². The largest absolute Gasteiger partial charge is 0.478 e. The van der Waals surface area contributed by atoms with Crippen LogP contribution < -0.4 is 0 Å². The molecule has 0 aliphatic heterocycles. The average molecular weight is 252 g/mol. The van der Waals surface area contributed by atoms with E-state index in [1.807, 2.05) is 0 Å². The second-order valence-corrected chi connectivity index (χ2v) is 5.14. The van der Waals surface area contributed by atoms with Crippen LogP contribution >= 0.6 is 0 Å². The van der Waals surface area contributed by atoms with Crippen molar-refractivity contribution in [3.05, 3.63) is 17.5 Å². The van der Waals surface area contributed by atoms with Gasteiger partial charge in [-0.3, -0.25) is 4.68 Å². The molecule has 0 bridgehead atoms. The van der Waals surface area contributed by atoms with Crippen LogP contribution in [-0.4, -0.2) is 27.0 Å². The van der Waals surface area contributed by atoms with E-state index in [1.54, 1.807) is 11.7 Å². The van der Waals surface area contributed by atoms with Gasteiger partial charge in [-0.2, -0.15) is 5.10 Å². The summed E-state index contributed by atoms with van der Waals surface area (Å²) in [5, 5.41) is 13.0. The van der Waals surface area contributed by atoms with E-state index in [1.165, 1.54) is 19.0 Å². The van der Waals surface area contributed by atoms with Crippen molar-refractivity contribution >= 4 is 5.97 Å². The molecule has 2 rings (SSSR count). The summed E-state index contributed by atoms with van der Waals surface area (Å²) in [5.41, 5.74) is 0.877. The summed E-state index contributed by atoms with van der Waals surface area (Å²) in [5.74, 6) is -0.243. The number of carbonyl (C=O) groups is 1. The van der Waals surface area contributed by atoms with Crippen molar-refractivity contribution in [3.63, 3.8) is 0 Å². The summed E-state index contributed by atoms with van der Waals surface area (Å²) in [6.45, 7) is 2.57. The van der Waals surface area contributed by atoms with Gasteiger partial charge in [-0.25, -0.2) is 4.79 Å². The first kappa shape index (κ1) is 13.1. The Balaban J connectivity index is 1.97. The first-order valence-electron chi connectivity index (χ1n) is 6.43. The van der Waals surface area contributed by atoms with Gasteiger partial charge in [-0.05, 0) is 18.8 Å². The first-order chi connectivity index (χ1) is 8.58. The van der Waals surface area contributed by atoms with Crippen molar-refractivity contribution in [1.82, 2.24) is 9.78 Å². The lowest BCUT2D eigenvalue weighted by Crippen LogP contribution is -2.22. The standard InChI is InChI=1S/C13H20N2O3/c1-9-4-3-5-10(6-9)18-8-12-11(13(16)17)7-14-15(12)2/h7,9-10H,3-6,8H2,1-2H3,(H,16,17). The highest BCUT2D eigenvalue weighted by atomic mass is 16.5. The summed E-state index contributed by atoms with van der Waals surface area (Å²) in [6.07, 6.45) is 6.25. The molecule has 1 N–H and O–H groups in total. The van der Waals surface area contributed by atoms with Gasteiger partial charge in [0.2, 0.25) is 0 Å². The van der Waals surface area contributed by atoms with Crippen LogP contribution in [0.1, 0.15) is 48.7 Å². The van der Waals surface area contributed by atoms with Gasteiger partial charge < -0.3 is 9.84 Å². The van der Waals surface area contributed by atoms with Crippen LogP contribution in [0.5, 0.6) is 0 Å². The Bertz CT molecular complexity index is 428. The summed E-state index contributed by atoms with van der Waals surface area (Å²) in [4.78, 5) is 11.0. The zero-order valence-electron chi connectivity index (χ0n) is 10.9. The van der Waals surface area contributed by atoms with Gasteiger partial charge in [0, 0.05) is 7.05 Å². The molecule has 0 radical (unpaired) electrons. The Labute approximate surface area is 107 Å². The van der Waals surface area contributed by atoms with Gasteiger partial charge in [-0.15, -0.1) is 0 Å². The van der Waals surface area contributed by atoms with Gasteiger partial charge in [0.15, 0.2) is 0 Å². The molecule has 0 saturated heterocycles. The zero-order valence-corrected chi connectivity index (χ0v) is 10.9. The van der Waals surface area contributed by atoms with Crippen LogP contribution in [-0.2, 0) is 18.4 Å². The maximum Gasteiger partial charge on any atom is 0.339 e. The van der Waals surface area contributed by atoms with Gasteiger partial charge in [0.05, 0.1) is 24.6 Å². The fourth-order valence-corrected chi connectivity index (χ4v) is 2.54. The Morgan fingerprint density at radius 3 is 3.06 bits per heavy atom. The summed E-state index contributed by atoms with van der Waals surface area (Å²) in [7, 11) is 1.74. The third kappa shape index (κ3) is 2.90. The van der Waals surface area contributed by atoms with Crippen LogP contribution in [0, 0.1) is 5.92 Å². The second kappa shape index (κ2) is 5.52. The zero-order chi connectivity index (χ0) is 13.1. The monoisotopic (exact) mass is 252 g/mol.